The van der Waals surface area contributed by atoms with Crippen molar-refractivity contribution < 1.29 is 9.84 Å². The second-order valence-corrected chi connectivity index (χ2v) is 6.24. The molecule has 0 heterocycles. The summed E-state index contributed by atoms with van der Waals surface area (Å²) < 4.78 is 5.17. The number of benzene rings is 1. The molecule has 0 amide bonds. The van der Waals surface area contributed by atoms with Crippen LogP contribution in [0.25, 0.3) is 0 Å². The average molecular weight is 276 g/mol. The second-order valence-electron chi connectivity index (χ2n) is 6.24. The molecule has 1 aromatic carbocycles. The third-order valence-electron chi connectivity index (χ3n) is 4.64. The van der Waals surface area contributed by atoms with Gasteiger partial charge in [-0.1, -0.05) is 38.0 Å². The van der Waals surface area contributed by atoms with Crippen LogP contribution in [0.4, 0.5) is 0 Å². The number of aliphatic hydroxyl groups excluding tert-OH is 1. The highest BCUT2D eigenvalue weighted by molar-refractivity contribution is 5.35. The van der Waals surface area contributed by atoms with Gasteiger partial charge in [0.1, 0.15) is 0 Å². The van der Waals surface area contributed by atoms with Gasteiger partial charge in [-0.3, -0.25) is 0 Å². The summed E-state index contributed by atoms with van der Waals surface area (Å²) in [6.07, 6.45) is 7.45. The van der Waals surface area contributed by atoms with E-state index in [4.69, 9.17) is 4.74 Å². The highest BCUT2D eigenvalue weighted by Crippen LogP contribution is 2.37. The zero-order valence-corrected chi connectivity index (χ0v) is 12.9. The number of ether oxygens (including phenoxy) is 1. The van der Waals surface area contributed by atoms with Gasteiger partial charge in [0.2, 0.25) is 0 Å². The molecule has 1 saturated carbocycles. The summed E-state index contributed by atoms with van der Waals surface area (Å²) in [5.74, 6) is 1.61. The third-order valence-corrected chi connectivity index (χ3v) is 4.64. The first-order chi connectivity index (χ1) is 9.74. The van der Waals surface area contributed by atoms with Crippen LogP contribution in [0.15, 0.2) is 18.2 Å². The molecular formula is C18H28O2. The van der Waals surface area contributed by atoms with Gasteiger partial charge in [-0.2, -0.15) is 0 Å². The number of rotatable bonds is 6. The second kappa shape index (κ2) is 7.80. The Hall–Kier alpha value is -0.860. The molecule has 2 nitrogen and oxygen atoms in total. The summed E-state index contributed by atoms with van der Waals surface area (Å²) in [5, 5.41) is 9.34. The SMILES string of the molecule is COCCCc1cc(CO)ccc1C1CCC(C)CC1. The van der Waals surface area contributed by atoms with Gasteiger partial charge in [-0.15, -0.1) is 0 Å². The molecule has 1 aliphatic rings. The van der Waals surface area contributed by atoms with Gasteiger partial charge in [0.15, 0.2) is 0 Å². The molecule has 1 N–H and O–H groups in total. The molecule has 0 spiro atoms. The van der Waals surface area contributed by atoms with Crippen LogP contribution in [0.2, 0.25) is 0 Å². The van der Waals surface area contributed by atoms with E-state index in [2.05, 4.69) is 25.1 Å². The number of methoxy groups -OCH3 is 1. The summed E-state index contributed by atoms with van der Waals surface area (Å²) in [6, 6.07) is 6.55. The van der Waals surface area contributed by atoms with Gasteiger partial charge >= 0.3 is 0 Å². The predicted molar refractivity (Wildman–Crippen MR) is 82.9 cm³/mol. The van der Waals surface area contributed by atoms with Crippen LogP contribution in [-0.2, 0) is 17.8 Å². The Bertz CT molecular complexity index is 406. The molecule has 0 bridgehead atoms. The smallest absolute Gasteiger partial charge is 0.0681 e. The van der Waals surface area contributed by atoms with Gasteiger partial charge in [0.25, 0.3) is 0 Å². The quantitative estimate of drug-likeness (QED) is 0.794. The minimum Gasteiger partial charge on any atom is -0.392 e. The van der Waals surface area contributed by atoms with Crippen molar-refractivity contribution in [2.45, 2.75) is 58.0 Å². The zero-order valence-electron chi connectivity index (χ0n) is 12.9. The normalized spacial score (nSPS) is 22.9. The molecule has 112 valence electrons. The Kier molecular flexibility index (Phi) is 6.06. The highest BCUT2D eigenvalue weighted by Gasteiger charge is 2.21. The number of aliphatic hydroxyl groups is 1. The summed E-state index contributed by atoms with van der Waals surface area (Å²) >= 11 is 0. The predicted octanol–water partition coefficient (Wildman–Crippen LogP) is 4.05. The highest BCUT2D eigenvalue weighted by atomic mass is 16.5. The van der Waals surface area contributed by atoms with E-state index in [9.17, 15) is 5.11 Å². The summed E-state index contributed by atoms with van der Waals surface area (Å²) in [5.41, 5.74) is 3.98. The Balaban J connectivity index is 2.12. The largest absolute Gasteiger partial charge is 0.392 e. The van der Waals surface area contributed by atoms with Crippen molar-refractivity contribution in [3.8, 4) is 0 Å². The Morgan fingerprint density at radius 1 is 1.20 bits per heavy atom. The lowest BCUT2D eigenvalue weighted by Crippen LogP contribution is -2.13. The first-order valence-corrected chi connectivity index (χ1v) is 7.96. The molecule has 0 atom stereocenters. The maximum atomic E-state index is 9.34. The molecule has 1 fully saturated rings. The summed E-state index contributed by atoms with van der Waals surface area (Å²) in [7, 11) is 1.76. The van der Waals surface area contributed by atoms with E-state index in [1.54, 1.807) is 7.11 Å². The van der Waals surface area contributed by atoms with Crippen LogP contribution in [0, 0.1) is 5.92 Å². The van der Waals surface area contributed by atoms with Crippen molar-refractivity contribution >= 4 is 0 Å². The van der Waals surface area contributed by atoms with Crippen molar-refractivity contribution in [3.63, 3.8) is 0 Å². The molecule has 1 aromatic rings. The molecule has 20 heavy (non-hydrogen) atoms. The van der Waals surface area contributed by atoms with Gasteiger partial charge < -0.3 is 9.84 Å². The molecule has 2 heteroatoms. The van der Waals surface area contributed by atoms with E-state index >= 15 is 0 Å². The molecule has 0 aliphatic heterocycles. The van der Waals surface area contributed by atoms with Gasteiger partial charge in [-0.25, -0.2) is 0 Å². The molecule has 0 unspecified atom stereocenters. The molecule has 0 aromatic heterocycles. The van der Waals surface area contributed by atoms with Gasteiger partial charge in [0, 0.05) is 13.7 Å². The fourth-order valence-electron chi connectivity index (χ4n) is 3.35. The number of hydrogen-bond acceptors (Lipinski definition) is 2. The molecule has 0 radical (unpaired) electrons. The number of hydrogen-bond donors (Lipinski definition) is 1. The van der Waals surface area contributed by atoms with Crippen molar-refractivity contribution in [2.24, 2.45) is 5.92 Å². The summed E-state index contributed by atoms with van der Waals surface area (Å²) in [6.45, 7) is 3.31. The lowest BCUT2D eigenvalue weighted by Gasteiger charge is -2.28. The first-order valence-electron chi connectivity index (χ1n) is 7.96. The molecule has 2 rings (SSSR count). The zero-order chi connectivity index (χ0) is 14.4. The lowest BCUT2D eigenvalue weighted by molar-refractivity contribution is 0.195. The van der Waals surface area contributed by atoms with Crippen LogP contribution < -0.4 is 0 Å². The first kappa shape index (κ1) is 15.5. The summed E-state index contributed by atoms with van der Waals surface area (Å²) in [4.78, 5) is 0. The maximum Gasteiger partial charge on any atom is 0.0681 e. The average Bonchev–Trinajstić information content (AvgIpc) is 2.48. The van der Waals surface area contributed by atoms with E-state index in [1.165, 1.54) is 36.8 Å². The Labute approximate surface area is 123 Å². The van der Waals surface area contributed by atoms with Gasteiger partial charge in [-0.05, 0) is 54.2 Å². The third kappa shape index (κ3) is 4.07. The van der Waals surface area contributed by atoms with Crippen LogP contribution >= 0.6 is 0 Å². The van der Waals surface area contributed by atoms with Crippen LogP contribution in [0.5, 0.6) is 0 Å². The number of aryl methyl sites for hydroxylation is 1. The molecule has 0 saturated heterocycles. The van der Waals surface area contributed by atoms with Crippen molar-refractivity contribution in [3.05, 3.63) is 34.9 Å². The van der Waals surface area contributed by atoms with Gasteiger partial charge in [0.05, 0.1) is 6.61 Å². The molecule has 1 aliphatic carbocycles. The van der Waals surface area contributed by atoms with Crippen LogP contribution in [0.1, 0.15) is 61.6 Å². The topological polar surface area (TPSA) is 29.5 Å². The minimum atomic E-state index is 0.138. The fraction of sp³-hybridized carbons (Fsp3) is 0.667. The lowest BCUT2D eigenvalue weighted by atomic mass is 9.77. The van der Waals surface area contributed by atoms with E-state index in [-0.39, 0.29) is 6.61 Å². The van der Waals surface area contributed by atoms with E-state index < -0.39 is 0 Å². The van der Waals surface area contributed by atoms with Crippen molar-refractivity contribution in [1.29, 1.82) is 0 Å². The molecular weight excluding hydrogens is 248 g/mol. The minimum absolute atomic E-state index is 0.138. The van der Waals surface area contributed by atoms with Crippen molar-refractivity contribution in [2.75, 3.05) is 13.7 Å². The van der Waals surface area contributed by atoms with E-state index in [1.807, 2.05) is 0 Å². The Morgan fingerprint density at radius 3 is 2.60 bits per heavy atom. The standard InChI is InChI=1S/C18H28O2/c1-14-5-8-16(9-6-14)18-10-7-15(13-19)12-17(18)4-3-11-20-2/h7,10,12,14,16,19H,3-6,8-9,11,13H2,1-2H3. The monoisotopic (exact) mass is 276 g/mol. The van der Waals surface area contributed by atoms with Crippen LogP contribution in [0.3, 0.4) is 0 Å². The van der Waals surface area contributed by atoms with Crippen molar-refractivity contribution in [1.82, 2.24) is 0 Å². The van der Waals surface area contributed by atoms with Crippen LogP contribution in [-0.4, -0.2) is 18.8 Å². The Morgan fingerprint density at radius 2 is 1.95 bits per heavy atom. The van der Waals surface area contributed by atoms with E-state index in [0.29, 0.717) is 0 Å². The maximum absolute atomic E-state index is 9.34. The fourth-order valence-corrected chi connectivity index (χ4v) is 3.35. The van der Waals surface area contributed by atoms with E-state index in [0.717, 1.165) is 36.8 Å².